The number of aromatic nitrogens is 2. The molecule has 23 heavy (non-hydrogen) atoms. The van der Waals surface area contributed by atoms with Crippen LogP contribution >= 0.6 is 15.9 Å². The second-order valence-corrected chi connectivity index (χ2v) is 6.22. The lowest BCUT2D eigenvalue weighted by molar-refractivity contribution is -0.132. The summed E-state index contributed by atoms with van der Waals surface area (Å²) in [5, 5.41) is 12.3. The van der Waals surface area contributed by atoms with Gasteiger partial charge in [-0.1, -0.05) is 40.2 Å². The summed E-state index contributed by atoms with van der Waals surface area (Å²) in [5.74, 6) is -0.459. The van der Waals surface area contributed by atoms with Crippen molar-refractivity contribution in [1.29, 1.82) is 0 Å². The SMILES string of the molecule is O=C(O)C1=C[C@@H](c2cccc(Br)c2)n2c(nc3ccccc32)N1. The number of allylic oxidation sites excluding steroid dienone is 1. The predicted octanol–water partition coefficient (Wildman–Crippen LogP) is 3.78. The molecular weight excluding hydrogens is 358 g/mol. The number of imidazole rings is 1. The van der Waals surface area contributed by atoms with Crippen molar-refractivity contribution in [3.05, 3.63) is 70.3 Å². The molecule has 2 N–H and O–H groups in total. The molecule has 5 nitrogen and oxygen atoms in total. The third kappa shape index (κ3) is 2.31. The number of hydrogen-bond acceptors (Lipinski definition) is 3. The van der Waals surface area contributed by atoms with Gasteiger partial charge in [-0.05, 0) is 35.9 Å². The molecule has 6 heteroatoms. The third-order valence-electron chi connectivity index (χ3n) is 3.87. The second-order valence-electron chi connectivity index (χ2n) is 5.30. The van der Waals surface area contributed by atoms with Crippen LogP contribution in [0.2, 0.25) is 0 Å². The van der Waals surface area contributed by atoms with Crippen LogP contribution in [0.5, 0.6) is 0 Å². The minimum Gasteiger partial charge on any atom is -0.477 e. The van der Waals surface area contributed by atoms with Crippen LogP contribution in [0.1, 0.15) is 11.6 Å². The van der Waals surface area contributed by atoms with E-state index in [4.69, 9.17) is 0 Å². The molecule has 3 aromatic rings. The number of para-hydroxylation sites is 2. The van der Waals surface area contributed by atoms with Crippen molar-refractivity contribution >= 4 is 38.9 Å². The van der Waals surface area contributed by atoms with Crippen molar-refractivity contribution in [2.75, 3.05) is 5.32 Å². The number of halogens is 1. The van der Waals surface area contributed by atoms with Crippen molar-refractivity contribution in [2.24, 2.45) is 0 Å². The van der Waals surface area contributed by atoms with E-state index < -0.39 is 5.97 Å². The zero-order valence-corrected chi connectivity index (χ0v) is 13.5. The molecule has 0 bridgehead atoms. The Morgan fingerprint density at radius 1 is 1.22 bits per heavy atom. The lowest BCUT2D eigenvalue weighted by atomic mass is 10.0. The summed E-state index contributed by atoms with van der Waals surface area (Å²) < 4.78 is 2.97. The second kappa shape index (κ2) is 5.24. The first-order valence-electron chi connectivity index (χ1n) is 7.08. The van der Waals surface area contributed by atoms with Crippen LogP contribution in [0.25, 0.3) is 11.0 Å². The maximum Gasteiger partial charge on any atom is 0.352 e. The number of carboxylic acids is 1. The van der Waals surface area contributed by atoms with Gasteiger partial charge < -0.3 is 10.4 Å². The van der Waals surface area contributed by atoms with Crippen LogP contribution in [0, 0.1) is 0 Å². The first-order chi connectivity index (χ1) is 11.1. The number of anilines is 1. The van der Waals surface area contributed by atoms with Gasteiger partial charge in [0.25, 0.3) is 0 Å². The smallest absolute Gasteiger partial charge is 0.352 e. The monoisotopic (exact) mass is 369 g/mol. The summed E-state index contributed by atoms with van der Waals surface area (Å²) >= 11 is 3.48. The number of carboxylic acid groups (broad SMARTS) is 1. The molecule has 4 rings (SSSR count). The van der Waals surface area contributed by atoms with Gasteiger partial charge in [0.2, 0.25) is 5.95 Å². The van der Waals surface area contributed by atoms with E-state index in [0.29, 0.717) is 5.95 Å². The van der Waals surface area contributed by atoms with Gasteiger partial charge in [0, 0.05) is 4.47 Å². The van der Waals surface area contributed by atoms with Gasteiger partial charge in [0.15, 0.2) is 0 Å². The number of fused-ring (bicyclic) bond motifs is 3. The summed E-state index contributed by atoms with van der Waals surface area (Å²) in [6, 6.07) is 15.4. The highest BCUT2D eigenvalue weighted by Gasteiger charge is 2.27. The minimum absolute atomic E-state index is 0.137. The molecule has 1 aliphatic rings. The highest BCUT2D eigenvalue weighted by atomic mass is 79.9. The number of rotatable bonds is 2. The van der Waals surface area contributed by atoms with E-state index in [-0.39, 0.29) is 11.7 Å². The Hall–Kier alpha value is -2.60. The van der Waals surface area contributed by atoms with E-state index in [1.165, 1.54) is 0 Å². The summed E-state index contributed by atoms with van der Waals surface area (Å²) in [6.45, 7) is 0. The number of hydrogen-bond donors (Lipinski definition) is 2. The molecular formula is C17H12BrN3O2. The predicted molar refractivity (Wildman–Crippen MR) is 91.4 cm³/mol. The maximum atomic E-state index is 11.4. The quantitative estimate of drug-likeness (QED) is 0.721. The highest BCUT2D eigenvalue weighted by molar-refractivity contribution is 9.10. The molecule has 0 unspecified atom stereocenters. The molecule has 0 spiro atoms. The van der Waals surface area contributed by atoms with Crippen LogP contribution in [-0.2, 0) is 4.79 Å². The lowest BCUT2D eigenvalue weighted by Crippen LogP contribution is -2.23. The number of nitrogens with zero attached hydrogens (tertiary/aromatic N) is 2. The molecule has 2 aromatic carbocycles. The molecule has 0 saturated heterocycles. The Labute approximate surface area is 140 Å². The maximum absolute atomic E-state index is 11.4. The molecule has 114 valence electrons. The van der Waals surface area contributed by atoms with E-state index in [0.717, 1.165) is 21.1 Å². The van der Waals surface area contributed by atoms with Crippen LogP contribution in [-0.4, -0.2) is 20.6 Å². The van der Waals surface area contributed by atoms with E-state index in [9.17, 15) is 9.90 Å². The average Bonchev–Trinajstić information content (AvgIpc) is 2.92. The molecule has 2 heterocycles. The van der Waals surface area contributed by atoms with Crippen LogP contribution in [0.15, 0.2) is 64.8 Å². The van der Waals surface area contributed by atoms with E-state index in [1.54, 1.807) is 6.08 Å². The minimum atomic E-state index is -0.997. The van der Waals surface area contributed by atoms with E-state index in [1.807, 2.05) is 53.1 Å². The van der Waals surface area contributed by atoms with Crippen LogP contribution in [0.4, 0.5) is 5.95 Å². The largest absolute Gasteiger partial charge is 0.477 e. The van der Waals surface area contributed by atoms with Crippen LogP contribution < -0.4 is 5.32 Å². The fourth-order valence-electron chi connectivity index (χ4n) is 2.87. The fraction of sp³-hybridized carbons (Fsp3) is 0.0588. The molecule has 1 atom stereocenters. The zero-order chi connectivity index (χ0) is 16.0. The number of aliphatic carboxylic acids is 1. The van der Waals surface area contributed by atoms with Crippen molar-refractivity contribution in [3.63, 3.8) is 0 Å². The van der Waals surface area contributed by atoms with Crippen molar-refractivity contribution < 1.29 is 9.90 Å². The third-order valence-corrected chi connectivity index (χ3v) is 4.36. The number of nitrogens with one attached hydrogen (secondary N) is 1. The van der Waals surface area contributed by atoms with Gasteiger partial charge >= 0.3 is 5.97 Å². The number of carbonyl (C=O) groups is 1. The van der Waals surface area contributed by atoms with Gasteiger partial charge in [-0.25, -0.2) is 9.78 Å². The standard InChI is InChI=1S/C17H12BrN3O2/c18-11-5-3-4-10(8-11)15-9-13(16(22)23)20-17-19-12-6-1-2-7-14(12)21(15)17/h1-9,15H,(H,19,20)(H,22,23)/t15-/m0/s1. The van der Waals surface area contributed by atoms with Crippen LogP contribution in [0.3, 0.4) is 0 Å². The van der Waals surface area contributed by atoms with Gasteiger partial charge in [-0.2, -0.15) is 0 Å². The van der Waals surface area contributed by atoms with E-state index in [2.05, 4.69) is 26.2 Å². The summed E-state index contributed by atoms with van der Waals surface area (Å²) in [7, 11) is 0. The first kappa shape index (κ1) is 14.0. The molecule has 0 saturated carbocycles. The Kier molecular flexibility index (Phi) is 3.20. The lowest BCUT2D eigenvalue weighted by Gasteiger charge is -2.25. The summed E-state index contributed by atoms with van der Waals surface area (Å²) in [6.07, 6.45) is 1.71. The van der Waals surface area contributed by atoms with Gasteiger partial charge in [-0.15, -0.1) is 0 Å². The summed E-state index contributed by atoms with van der Waals surface area (Å²) in [5.41, 5.74) is 2.91. The Morgan fingerprint density at radius 2 is 2.04 bits per heavy atom. The molecule has 0 radical (unpaired) electrons. The zero-order valence-electron chi connectivity index (χ0n) is 11.9. The molecule has 0 fully saturated rings. The summed E-state index contributed by atoms with van der Waals surface area (Å²) in [4.78, 5) is 16.0. The van der Waals surface area contributed by atoms with Gasteiger partial charge in [0.1, 0.15) is 5.70 Å². The van der Waals surface area contributed by atoms with Crippen molar-refractivity contribution in [2.45, 2.75) is 6.04 Å². The Balaban J connectivity index is 1.98. The van der Waals surface area contributed by atoms with Crippen molar-refractivity contribution in [1.82, 2.24) is 9.55 Å². The molecule has 1 aromatic heterocycles. The average molecular weight is 370 g/mol. The topological polar surface area (TPSA) is 67.1 Å². The molecule has 1 aliphatic heterocycles. The Morgan fingerprint density at radius 3 is 2.83 bits per heavy atom. The van der Waals surface area contributed by atoms with Gasteiger partial charge in [-0.3, -0.25) is 4.57 Å². The van der Waals surface area contributed by atoms with Crippen molar-refractivity contribution in [3.8, 4) is 0 Å². The van der Waals surface area contributed by atoms with E-state index >= 15 is 0 Å². The van der Waals surface area contributed by atoms with Gasteiger partial charge in [0.05, 0.1) is 17.1 Å². The normalized spacial score (nSPS) is 16.6. The Bertz CT molecular complexity index is 961. The number of benzene rings is 2. The first-order valence-corrected chi connectivity index (χ1v) is 7.87. The fourth-order valence-corrected chi connectivity index (χ4v) is 3.29. The molecule has 0 aliphatic carbocycles. The molecule has 0 amide bonds. The highest BCUT2D eigenvalue weighted by Crippen LogP contribution is 2.35.